The molecule has 18 heavy (non-hydrogen) atoms. The van der Waals surface area contributed by atoms with Gasteiger partial charge in [0.2, 0.25) is 5.89 Å². The molecule has 0 aliphatic carbocycles. The summed E-state index contributed by atoms with van der Waals surface area (Å²) in [5.74, 6) is 5.31. The lowest BCUT2D eigenvalue weighted by Crippen LogP contribution is -2.38. The molecule has 100 valence electrons. The van der Waals surface area contributed by atoms with Crippen LogP contribution >= 0.6 is 23.5 Å². The molecular weight excluding hydrogens is 266 g/mol. The van der Waals surface area contributed by atoms with Crippen LogP contribution in [0.15, 0.2) is 4.52 Å². The van der Waals surface area contributed by atoms with Crippen molar-refractivity contribution in [3.63, 3.8) is 0 Å². The highest BCUT2D eigenvalue weighted by Gasteiger charge is 2.23. The minimum atomic E-state index is 0.463. The summed E-state index contributed by atoms with van der Waals surface area (Å²) in [6, 6.07) is 0.496. The van der Waals surface area contributed by atoms with E-state index in [1.54, 1.807) is 0 Å². The fraction of sp³-hybridized carbons (Fsp3) is 0.833. The molecule has 3 heterocycles. The summed E-state index contributed by atoms with van der Waals surface area (Å²) in [5.41, 5.74) is 0. The van der Waals surface area contributed by atoms with Crippen molar-refractivity contribution in [1.82, 2.24) is 15.5 Å². The van der Waals surface area contributed by atoms with Crippen molar-refractivity contribution >= 4 is 23.5 Å². The number of thioether (sulfide) groups is 2. The third-order valence-corrected chi connectivity index (χ3v) is 5.88. The molecule has 0 aromatic carbocycles. The fourth-order valence-corrected chi connectivity index (χ4v) is 4.57. The Morgan fingerprint density at radius 1 is 1.33 bits per heavy atom. The molecule has 1 N–H and O–H groups in total. The van der Waals surface area contributed by atoms with Gasteiger partial charge in [0, 0.05) is 30.5 Å². The Kier molecular flexibility index (Phi) is 4.49. The zero-order chi connectivity index (χ0) is 12.2. The maximum absolute atomic E-state index is 5.40. The molecule has 2 unspecified atom stereocenters. The SMILES string of the molecule is C1CCC(c2noc(CC3CSCCN3)n2)SC1. The van der Waals surface area contributed by atoms with Crippen LogP contribution < -0.4 is 5.32 Å². The van der Waals surface area contributed by atoms with Crippen LogP contribution in [0.3, 0.4) is 0 Å². The van der Waals surface area contributed by atoms with E-state index in [-0.39, 0.29) is 0 Å². The number of hydrogen-bond donors (Lipinski definition) is 1. The van der Waals surface area contributed by atoms with Gasteiger partial charge in [-0.3, -0.25) is 0 Å². The van der Waals surface area contributed by atoms with Crippen LogP contribution in [-0.4, -0.2) is 40.0 Å². The maximum Gasteiger partial charge on any atom is 0.228 e. The Morgan fingerprint density at radius 3 is 3.11 bits per heavy atom. The molecule has 0 radical (unpaired) electrons. The monoisotopic (exact) mass is 285 g/mol. The number of aromatic nitrogens is 2. The lowest BCUT2D eigenvalue weighted by atomic mass is 10.2. The molecule has 1 aromatic heterocycles. The molecular formula is C12H19N3OS2. The third kappa shape index (κ3) is 3.22. The topological polar surface area (TPSA) is 51.0 Å². The Balaban J connectivity index is 1.58. The summed E-state index contributed by atoms with van der Waals surface area (Å²) >= 11 is 3.97. The summed E-state index contributed by atoms with van der Waals surface area (Å²) in [6.45, 7) is 1.09. The first kappa shape index (κ1) is 12.8. The van der Waals surface area contributed by atoms with Crippen molar-refractivity contribution < 1.29 is 4.52 Å². The van der Waals surface area contributed by atoms with Crippen molar-refractivity contribution in [1.29, 1.82) is 0 Å². The predicted octanol–water partition coefficient (Wildman–Crippen LogP) is 2.28. The zero-order valence-corrected chi connectivity index (χ0v) is 12.1. The fourth-order valence-electron chi connectivity index (χ4n) is 2.39. The van der Waals surface area contributed by atoms with Gasteiger partial charge in [-0.15, -0.1) is 0 Å². The van der Waals surface area contributed by atoms with Gasteiger partial charge in [0.15, 0.2) is 5.82 Å². The first-order chi connectivity index (χ1) is 8.92. The van der Waals surface area contributed by atoms with Crippen LogP contribution in [-0.2, 0) is 6.42 Å². The van der Waals surface area contributed by atoms with Gasteiger partial charge in [0.1, 0.15) is 0 Å². The predicted molar refractivity (Wildman–Crippen MR) is 76.2 cm³/mol. The second kappa shape index (κ2) is 6.30. The summed E-state index contributed by atoms with van der Waals surface area (Å²) in [4.78, 5) is 4.58. The van der Waals surface area contributed by atoms with Crippen LogP contribution in [0.5, 0.6) is 0 Å². The molecule has 0 amide bonds. The van der Waals surface area contributed by atoms with Crippen LogP contribution in [0.4, 0.5) is 0 Å². The normalized spacial score (nSPS) is 29.3. The molecule has 0 saturated carbocycles. The summed E-state index contributed by atoms with van der Waals surface area (Å²) in [7, 11) is 0. The van der Waals surface area contributed by atoms with Gasteiger partial charge in [0.25, 0.3) is 0 Å². The average molecular weight is 285 g/mol. The minimum Gasteiger partial charge on any atom is -0.339 e. The van der Waals surface area contributed by atoms with E-state index in [4.69, 9.17) is 4.52 Å². The molecule has 2 fully saturated rings. The minimum absolute atomic E-state index is 0.463. The molecule has 0 bridgehead atoms. The molecule has 3 rings (SSSR count). The lowest BCUT2D eigenvalue weighted by molar-refractivity contribution is 0.357. The third-order valence-electron chi connectivity index (χ3n) is 3.37. The van der Waals surface area contributed by atoms with Crippen LogP contribution in [0.2, 0.25) is 0 Å². The highest BCUT2D eigenvalue weighted by Crippen LogP contribution is 2.36. The smallest absolute Gasteiger partial charge is 0.228 e. The van der Waals surface area contributed by atoms with E-state index in [0.717, 1.165) is 30.4 Å². The van der Waals surface area contributed by atoms with Gasteiger partial charge >= 0.3 is 0 Å². The van der Waals surface area contributed by atoms with E-state index in [1.807, 2.05) is 23.5 Å². The number of rotatable bonds is 3. The number of nitrogens with zero attached hydrogens (tertiary/aromatic N) is 2. The van der Waals surface area contributed by atoms with E-state index in [1.165, 1.54) is 30.8 Å². The molecule has 0 spiro atoms. The van der Waals surface area contributed by atoms with E-state index in [0.29, 0.717) is 11.3 Å². The second-order valence-electron chi connectivity index (χ2n) is 4.83. The molecule has 4 nitrogen and oxygen atoms in total. The largest absolute Gasteiger partial charge is 0.339 e. The van der Waals surface area contributed by atoms with Crippen molar-refractivity contribution in [3.8, 4) is 0 Å². The van der Waals surface area contributed by atoms with Crippen LogP contribution in [0.1, 0.15) is 36.2 Å². The van der Waals surface area contributed by atoms with Gasteiger partial charge in [-0.25, -0.2) is 0 Å². The molecule has 2 aliphatic rings. The Morgan fingerprint density at radius 2 is 2.33 bits per heavy atom. The quantitative estimate of drug-likeness (QED) is 0.919. The maximum atomic E-state index is 5.40. The van der Waals surface area contributed by atoms with Crippen LogP contribution in [0, 0.1) is 0 Å². The van der Waals surface area contributed by atoms with Crippen LogP contribution in [0.25, 0.3) is 0 Å². The zero-order valence-electron chi connectivity index (χ0n) is 10.4. The lowest BCUT2D eigenvalue weighted by Gasteiger charge is -2.21. The van der Waals surface area contributed by atoms with Crippen molar-refractivity contribution in [2.75, 3.05) is 23.8 Å². The van der Waals surface area contributed by atoms with E-state index < -0.39 is 0 Å². The first-order valence-electron chi connectivity index (χ1n) is 6.67. The van der Waals surface area contributed by atoms with Gasteiger partial charge in [-0.05, 0) is 18.6 Å². The Labute approximate surface area is 116 Å². The van der Waals surface area contributed by atoms with Crippen molar-refractivity contribution in [2.45, 2.75) is 37.0 Å². The first-order valence-corrected chi connectivity index (χ1v) is 8.87. The Hall–Kier alpha value is -0.200. The van der Waals surface area contributed by atoms with E-state index in [2.05, 4.69) is 15.5 Å². The van der Waals surface area contributed by atoms with Crippen molar-refractivity contribution in [2.24, 2.45) is 0 Å². The second-order valence-corrected chi connectivity index (χ2v) is 7.29. The van der Waals surface area contributed by atoms with E-state index in [9.17, 15) is 0 Å². The van der Waals surface area contributed by atoms with Gasteiger partial charge in [-0.1, -0.05) is 11.6 Å². The van der Waals surface area contributed by atoms with Gasteiger partial charge < -0.3 is 9.84 Å². The highest BCUT2D eigenvalue weighted by molar-refractivity contribution is 7.99. The standard InChI is InChI=1S/C12H19N3OS2/c1-2-5-18-10(3-1)12-14-11(16-15-12)7-9-8-17-6-4-13-9/h9-10,13H,1-8H2. The van der Waals surface area contributed by atoms with E-state index >= 15 is 0 Å². The highest BCUT2D eigenvalue weighted by atomic mass is 32.2. The number of nitrogens with one attached hydrogen (secondary N) is 1. The number of hydrogen-bond acceptors (Lipinski definition) is 6. The summed E-state index contributed by atoms with van der Waals surface area (Å²) in [6.07, 6.45) is 4.69. The van der Waals surface area contributed by atoms with Gasteiger partial charge in [0.05, 0.1) is 5.25 Å². The molecule has 2 saturated heterocycles. The molecule has 2 aliphatic heterocycles. The summed E-state index contributed by atoms with van der Waals surface area (Å²) < 4.78 is 5.40. The molecule has 1 aromatic rings. The van der Waals surface area contributed by atoms with Crippen molar-refractivity contribution in [3.05, 3.63) is 11.7 Å². The Bertz CT molecular complexity index is 373. The average Bonchev–Trinajstić information content (AvgIpc) is 2.89. The van der Waals surface area contributed by atoms with Gasteiger partial charge in [-0.2, -0.15) is 28.5 Å². The molecule has 2 atom stereocenters. The molecule has 6 heteroatoms. The summed E-state index contributed by atoms with van der Waals surface area (Å²) in [5, 5.41) is 8.13.